The molecule has 0 saturated carbocycles. The van der Waals surface area contributed by atoms with E-state index in [1.54, 1.807) is 0 Å². The number of allylic oxidation sites excluding steroid dienone is 2. The first-order valence-electron chi connectivity index (χ1n) is 17.5. The molecule has 0 nitrogen and oxygen atoms in total. The summed E-state index contributed by atoms with van der Waals surface area (Å²) in [6.45, 7) is 5.10. The van der Waals surface area contributed by atoms with E-state index in [1.165, 1.54) is 87.6 Å². The molecule has 10 rings (SSSR count). The Bertz CT molecular complexity index is 2480. The fourth-order valence-corrected chi connectivity index (χ4v) is 9.44. The molecule has 0 fully saturated rings. The van der Waals surface area contributed by atoms with Crippen LogP contribution in [0.4, 0.5) is 0 Å². The summed E-state index contributed by atoms with van der Waals surface area (Å²) < 4.78 is 0. The molecule has 8 aromatic rings. The van der Waals surface area contributed by atoms with Gasteiger partial charge < -0.3 is 0 Å². The highest BCUT2D eigenvalue weighted by atomic mass is 14.5. The zero-order valence-electron chi connectivity index (χ0n) is 27.8. The average molecular weight is 625 g/mol. The second-order valence-corrected chi connectivity index (χ2v) is 14.5. The maximum absolute atomic E-state index is 2.55. The van der Waals surface area contributed by atoms with Crippen LogP contribution >= 0.6 is 0 Å². The minimum absolute atomic E-state index is 0.146. The molecular weight excluding hydrogens is 589 g/mol. The van der Waals surface area contributed by atoms with Gasteiger partial charge in [0.2, 0.25) is 0 Å². The highest BCUT2D eigenvalue weighted by molar-refractivity contribution is 6.15. The van der Waals surface area contributed by atoms with Crippen LogP contribution in [0.5, 0.6) is 0 Å². The van der Waals surface area contributed by atoms with Crippen molar-refractivity contribution in [1.82, 2.24) is 0 Å². The van der Waals surface area contributed by atoms with Gasteiger partial charge in [0.15, 0.2) is 0 Å². The third-order valence-electron chi connectivity index (χ3n) is 11.5. The van der Waals surface area contributed by atoms with Crippen LogP contribution in [0.15, 0.2) is 158 Å². The predicted octanol–water partition coefficient (Wildman–Crippen LogP) is 13.3. The molecule has 0 spiro atoms. The average Bonchev–Trinajstić information content (AvgIpc) is 3.76. The Morgan fingerprint density at radius 1 is 0.367 bits per heavy atom. The van der Waals surface area contributed by atoms with Gasteiger partial charge in [-0.2, -0.15) is 0 Å². The van der Waals surface area contributed by atoms with E-state index in [4.69, 9.17) is 0 Å². The van der Waals surface area contributed by atoms with E-state index in [0.29, 0.717) is 0 Å². The molecule has 0 aromatic heterocycles. The topological polar surface area (TPSA) is 0 Å². The van der Waals surface area contributed by atoms with Gasteiger partial charge in [0.1, 0.15) is 0 Å². The third-order valence-corrected chi connectivity index (χ3v) is 11.5. The van der Waals surface area contributed by atoms with E-state index in [9.17, 15) is 0 Å². The first-order chi connectivity index (χ1) is 24.1. The van der Waals surface area contributed by atoms with Crippen LogP contribution in [0.1, 0.15) is 59.1 Å². The second-order valence-electron chi connectivity index (χ2n) is 14.5. The van der Waals surface area contributed by atoms with E-state index >= 15 is 0 Å². The van der Waals surface area contributed by atoms with E-state index < -0.39 is 0 Å². The van der Waals surface area contributed by atoms with Crippen LogP contribution < -0.4 is 0 Å². The summed E-state index contributed by atoms with van der Waals surface area (Å²) in [5, 5.41) is 10.7. The van der Waals surface area contributed by atoms with Crippen molar-refractivity contribution in [2.75, 3.05) is 0 Å². The number of hydrogen-bond acceptors (Lipinski definition) is 0. The fourth-order valence-electron chi connectivity index (χ4n) is 9.44. The Morgan fingerprint density at radius 3 is 1.18 bits per heavy atom. The van der Waals surface area contributed by atoms with Crippen molar-refractivity contribution < 1.29 is 0 Å². The van der Waals surface area contributed by atoms with Gasteiger partial charge >= 0.3 is 0 Å². The van der Waals surface area contributed by atoms with Crippen molar-refractivity contribution in [3.8, 4) is 0 Å². The summed E-state index contributed by atoms with van der Waals surface area (Å²) in [5.74, 6) is 0.292. The summed E-state index contributed by atoms with van der Waals surface area (Å²) in [7, 11) is 0. The first kappa shape index (κ1) is 28.3. The van der Waals surface area contributed by atoms with Crippen LogP contribution in [-0.4, -0.2) is 0 Å². The van der Waals surface area contributed by atoms with Gasteiger partial charge in [-0.3, -0.25) is 0 Å². The molecule has 0 radical (unpaired) electrons. The lowest BCUT2D eigenvalue weighted by atomic mass is 9.60. The van der Waals surface area contributed by atoms with Crippen molar-refractivity contribution >= 4 is 66.4 Å². The van der Waals surface area contributed by atoms with Gasteiger partial charge in [0.25, 0.3) is 0 Å². The largest absolute Gasteiger partial charge is 0.0622 e. The molecule has 0 saturated heterocycles. The van der Waals surface area contributed by atoms with Crippen LogP contribution in [0, 0.1) is 5.41 Å². The zero-order valence-corrected chi connectivity index (χ0v) is 27.8. The van der Waals surface area contributed by atoms with Crippen LogP contribution in [0.25, 0.3) is 66.4 Å². The number of fused-ring (bicyclic) bond motifs is 10. The van der Waals surface area contributed by atoms with E-state index in [1.807, 2.05) is 0 Å². The Labute approximate surface area is 287 Å². The molecule has 2 atom stereocenters. The molecule has 2 aliphatic rings. The quantitative estimate of drug-likeness (QED) is 0.171. The molecule has 0 aliphatic heterocycles. The summed E-state index contributed by atoms with van der Waals surface area (Å²) in [6, 6.07) is 58.7. The summed E-state index contributed by atoms with van der Waals surface area (Å²) in [4.78, 5) is 0. The molecule has 8 aromatic carbocycles. The van der Waals surface area contributed by atoms with Gasteiger partial charge in [-0.15, -0.1) is 0 Å². The maximum atomic E-state index is 2.55. The normalized spacial score (nSPS) is 17.0. The highest BCUT2D eigenvalue weighted by Crippen LogP contribution is 2.64. The third kappa shape index (κ3) is 4.17. The maximum Gasteiger partial charge on any atom is 0.0168 e. The Hall–Kier alpha value is -5.72. The van der Waals surface area contributed by atoms with Gasteiger partial charge in [-0.05, 0) is 93.0 Å². The van der Waals surface area contributed by atoms with Gasteiger partial charge in [0.05, 0.1) is 0 Å². The molecular formula is C49H36. The van der Waals surface area contributed by atoms with Crippen LogP contribution in [0.3, 0.4) is 0 Å². The van der Waals surface area contributed by atoms with Crippen molar-refractivity contribution in [2.24, 2.45) is 5.41 Å². The van der Waals surface area contributed by atoms with Crippen LogP contribution in [0.2, 0.25) is 0 Å². The van der Waals surface area contributed by atoms with E-state index in [-0.39, 0.29) is 17.3 Å². The monoisotopic (exact) mass is 624 g/mol. The van der Waals surface area contributed by atoms with Crippen LogP contribution in [-0.2, 0) is 0 Å². The minimum atomic E-state index is -0.226. The standard InChI is InChI=1S/C49H36/c1-49(2,47-41(31-13-5-3-6-14-31)29-37-27-25-35-23-21-33-17-9-11-19-39(33)43(35)45(37)47)48-42(32-15-7-4-8-16-32)30-38-28-26-36-24-22-34-18-10-12-20-40(34)44(36)46(38)48/h3-30,47-48H,1-2H3. The van der Waals surface area contributed by atoms with Gasteiger partial charge in [-0.25, -0.2) is 0 Å². The minimum Gasteiger partial charge on any atom is -0.0622 e. The van der Waals surface area contributed by atoms with Crippen molar-refractivity contribution in [3.63, 3.8) is 0 Å². The molecule has 49 heavy (non-hydrogen) atoms. The van der Waals surface area contributed by atoms with Gasteiger partial charge in [-0.1, -0.05) is 184 Å². The number of hydrogen-bond donors (Lipinski definition) is 0. The lowest BCUT2D eigenvalue weighted by molar-refractivity contribution is 0.306. The summed E-state index contributed by atoms with van der Waals surface area (Å²) in [5.41, 5.74) is 10.8. The Kier molecular flexibility index (Phi) is 6.15. The fraction of sp³-hybridized carbons (Fsp3) is 0.102. The van der Waals surface area contributed by atoms with E-state index in [0.717, 1.165) is 0 Å². The SMILES string of the molecule is CC(C)(C1C(c2ccccc2)=Cc2ccc3ccc4ccccc4c3c21)C1C(c2ccccc2)=Cc2ccc3ccc4ccccc4c3c21. The molecule has 0 heteroatoms. The van der Waals surface area contributed by atoms with E-state index in [2.05, 4.69) is 184 Å². The Balaban J connectivity index is 1.31. The molecule has 0 bridgehead atoms. The number of rotatable bonds is 4. The lowest BCUT2D eigenvalue weighted by Gasteiger charge is -2.43. The molecule has 232 valence electrons. The van der Waals surface area contributed by atoms with Crippen molar-refractivity contribution in [1.29, 1.82) is 0 Å². The summed E-state index contributed by atoms with van der Waals surface area (Å²) in [6.07, 6.45) is 5.00. The second kappa shape index (κ2) is 10.6. The molecule has 0 amide bonds. The van der Waals surface area contributed by atoms with Gasteiger partial charge in [0, 0.05) is 11.8 Å². The number of benzene rings is 8. The summed E-state index contributed by atoms with van der Waals surface area (Å²) >= 11 is 0. The Morgan fingerprint density at radius 2 is 0.735 bits per heavy atom. The lowest BCUT2D eigenvalue weighted by Crippen LogP contribution is -2.30. The molecule has 2 unspecified atom stereocenters. The first-order valence-corrected chi connectivity index (χ1v) is 17.5. The predicted molar refractivity (Wildman–Crippen MR) is 211 cm³/mol. The smallest absolute Gasteiger partial charge is 0.0168 e. The zero-order chi connectivity index (χ0) is 32.7. The highest BCUT2D eigenvalue weighted by Gasteiger charge is 2.48. The molecule has 2 aliphatic carbocycles. The molecule has 0 N–H and O–H groups in total. The van der Waals surface area contributed by atoms with Crippen molar-refractivity contribution in [3.05, 3.63) is 191 Å². The van der Waals surface area contributed by atoms with Crippen molar-refractivity contribution in [2.45, 2.75) is 25.7 Å². The molecule has 0 heterocycles.